The molecule has 15 heavy (non-hydrogen) atoms. The second-order valence-corrected chi connectivity index (χ2v) is 4.44. The van der Waals surface area contributed by atoms with E-state index < -0.39 is 0 Å². The summed E-state index contributed by atoms with van der Waals surface area (Å²) in [5.41, 5.74) is 5.83. The third kappa shape index (κ3) is 3.80. The maximum absolute atomic E-state index is 11.6. The number of carbonyl (C=O) groups is 1. The topological polar surface area (TPSA) is 58.4 Å². The number of hydrogen-bond acceptors (Lipinski definition) is 3. The van der Waals surface area contributed by atoms with Crippen LogP contribution in [0.25, 0.3) is 0 Å². The first-order valence-electron chi connectivity index (χ1n) is 5.90. The highest BCUT2D eigenvalue weighted by atomic mass is 16.2. The van der Waals surface area contributed by atoms with Gasteiger partial charge in [-0.1, -0.05) is 20.3 Å². The molecule has 1 aliphatic heterocycles. The Hall–Kier alpha value is -0.610. The predicted octanol–water partition coefficient (Wildman–Crippen LogP) is 0.529. The molecule has 1 aliphatic rings. The van der Waals surface area contributed by atoms with Crippen molar-refractivity contribution in [3.05, 3.63) is 0 Å². The van der Waals surface area contributed by atoms with Crippen LogP contribution >= 0.6 is 0 Å². The lowest BCUT2D eigenvalue weighted by atomic mass is 10.00. The summed E-state index contributed by atoms with van der Waals surface area (Å²) in [7, 11) is 0. The van der Waals surface area contributed by atoms with Crippen LogP contribution in [0.2, 0.25) is 0 Å². The molecular weight excluding hydrogens is 190 g/mol. The Kier molecular flexibility index (Phi) is 5.05. The lowest BCUT2D eigenvalue weighted by Crippen LogP contribution is -2.47. The van der Waals surface area contributed by atoms with Gasteiger partial charge in [0.2, 0.25) is 5.91 Å². The van der Waals surface area contributed by atoms with Crippen LogP contribution in [0.5, 0.6) is 0 Å². The highest BCUT2D eigenvalue weighted by Gasteiger charge is 2.20. The van der Waals surface area contributed by atoms with Crippen LogP contribution in [-0.2, 0) is 4.79 Å². The second-order valence-electron chi connectivity index (χ2n) is 4.44. The summed E-state index contributed by atoms with van der Waals surface area (Å²) in [5.74, 6) is 0.236. The van der Waals surface area contributed by atoms with Gasteiger partial charge in [0.25, 0.3) is 0 Å². The van der Waals surface area contributed by atoms with Gasteiger partial charge in [0.15, 0.2) is 0 Å². The zero-order valence-electron chi connectivity index (χ0n) is 9.83. The first-order chi connectivity index (χ1) is 7.15. The SMILES string of the molecule is CCC(C)[C@H](N)C(=O)NCN1CCCC1. The Labute approximate surface area is 92.2 Å². The maximum Gasteiger partial charge on any atom is 0.238 e. The monoisotopic (exact) mass is 213 g/mol. The van der Waals surface area contributed by atoms with Crippen molar-refractivity contribution in [3.8, 4) is 0 Å². The third-order valence-corrected chi connectivity index (χ3v) is 3.24. The summed E-state index contributed by atoms with van der Waals surface area (Å²) in [4.78, 5) is 13.9. The molecule has 0 aromatic rings. The van der Waals surface area contributed by atoms with Crippen molar-refractivity contribution >= 4 is 5.91 Å². The fourth-order valence-corrected chi connectivity index (χ4v) is 1.76. The molecule has 4 heteroatoms. The van der Waals surface area contributed by atoms with Crippen LogP contribution < -0.4 is 11.1 Å². The van der Waals surface area contributed by atoms with Gasteiger partial charge in [-0.25, -0.2) is 0 Å². The molecule has 1 saturated heterocycles. The number of hydrogen-bond donors (Lipinski definition) is 2. The van der Waals surface area contributed by atoms with Crippen molar-refractivity contribution in [1.82, 2.24) is 10.2 Å². The molecule has 0 radical (unpaired) electrons. The van der Waals surface area contributed by atoms with E-state index >= 15 is 0 Å². The first kappa shape index (κ1) is 12.5. The Morgan fingerprint density at radius 3 is 2.60 bits per heavy atom. The molecule has 0 aliphatic carbocycles. The Balaban J connectivity index is 2.22. The zero-order chi connectivity index (χ0) is 11.3. The smallest absolute Gasteiger partial charge is 0.238 e. The van der Waals surface area contributed by atoms with E-state index in [9.17, 15) is 4.79 Å². The molecule has 1 fully saturated rings. The van der Waals surface area contributed by atoms with Crippen molar-refractivity contribution in [2.24, 2.45) is 11.7 Å². The van der Waals surface area contributed by atoms with Crippen LogP contribution in [0.4, 0.5) is 0 Å². The van der Waals surface area contributed by atoms with E-state index in [2.05, 4.69) is 17.1 Å². The van der Waals surface area contributed by atoms with Gasteiger partial charge in [-0.3, -0.25) is 9.69 Å². The van der Waals surface area contributed by atoms with E-state index in [1.54, 1.807) is 0 Å². The van der Waals surface area contributed by atoms with Gasteiger partial charge < -0.3 is 11.1 Å². The minimum atomic E-state index is -0.363. The Bertz CT molecular complexity index is 202. The summed E-state index contributed by atoms with van der Waals surface area (Å²) in [6.45, 7) is 6.92. The number of rotatable bonds is 5. The molecular formula is C11H23N3O. The number of nitrogens with zero attached hydrogens (tertiary/aromatic N) is 1. The summed E-state index contributed by atoms with van der Waals surface area (Å²) in [5, 5.41) is 2.90. The standard InChI is InChI=1S/C11H23N3O/c1-3-9(2)10(12)11(15)13-8-14-6-4-5-7-14/h9-10H,3-8,12H2,1-2H3,(H,13,15)/t9?,10-/m0/s1. The van der Waals surface area contributed by atoms with Gasteiger partial charge in [-0.15, -0.1) is 0 Å². The van der Waals surface area contributed by atoms with Crippen LogP contribution in [0.3, 0.4) is 0 Å². The van der Waals surface area contributed by atoms with E-state index in [1.165, 1.54) is 12.8 Å². The van der Waals surface area contributed by atoms with Crippen molar-refractivity contribution in [1.29, 1.82) is 0 Å². The lowest BCUT2D eigenvalue weighted by Gasteiger charge is -2.20. The molecule has 0 aromatic carbocycles. The molecule has 1 amide bonds. The minimum absolute atomic E-state index is 0.0174. The summed E-state index contributed by atoms with van der Waals surface area (Å²) >= 11 is 0. The van der Waals surface area contributed by atoms with Crippen LogP contribution in [-0.4, -0.2) is 36.6 Å². The zero-order valence-corrected chi connectivity index (χ0v) is 9.83. The molecule has 88 valence electrons. The fraction of sp³-hybridized carbons (Fsp3) is 0.909. The number of likely N-dealkylation sites (tertiary alicyclic amines) is 1. The van der Waals surface area contributed by atoms with Gasteiger partial charge >= 0.3 is 0 Å². The number of carbonyl (C=O) groups excluding carboxylic acids is 1. The quantitative estimate of drug-likeness (QED) is 0.700. The summed E-state index contributed by atoms with van der Waals surface area (Å²) < 4.78 is 0. The highest BCUT2D eigenvalue weighted by molar-refractivity contribution is 5.81. The Morgan fingerprint density at radius 1 is 1.47 bits per heavy atom. The van der Waals surface area contributed by atoms with Crippen molar-refractivity contribution < 1.29 is 4.79 Å². The van der Waals surface area contributed by atoms with Crippen molar-refractivity contribution in [2.75, 3.05) is 19.8 Å². The molecule has 0 bridgehead atoms. The van der Waals surface area contributed by atoms with E-state index in [0.717, 1.165) is 19.5 Å². The summed E-state index contributed by atoms with van der Waals surface area (Å²) in [6, 6.07) is -0.363. The fourth-order valence-electron chi connectivity index (χ4n) is 1.76. The normalized spacial score (nSPS) is 21.3. The minimum Gasteiger partial charge on any atom is -0.342 e. The molecule has 1 unspecified atom stereocenters. The Morgan fingerprint density at radius 2 is 2.07 bits per heavy atom. The van der Waals surface area contributed by atoms with Crippen molar-refractivity contribution in [2.45, 2.75) is 39.2 Å². The third-order valence-electron chi connectivity index (χ3n) is 3.24. The largest absolute Gasteiger partial charge is 0.342 e. The van der Waals surface area contributed by atoms with Gasteiger partial charge in [-0.2, -0.15) is 0 Å². The van der Waals surface area contributed by atoms with E-state index in [4.69, 9.17) is 5.73 Å². The van der Waals surface area contributed by atoms with Gasteiger partial charge in [0, 0.05) is 0 Å². The molecule has 3 N–H and O–H groups in total. The molecule has 0 saturated carbocycles. The van der Waals surface area contributed by atoms with E-state index in [-0.39, 0.29) is 17.9 Å². The molecule has 1 rings (SSSR count). The van der Waals surface area contributed by atoms with E-state index in [1.807, 2.05) is 6.92 Å². The average molecular weight is 213 g/mol. The van der Waals surface area contributed by atoms with E-state index in [0.29, 0.717) is 6.67 Å². The van der Waals surface area contributed by atoms with Gasteiger partial charge in [0.05, 0.1) is 12.7 Å². The first-order valence-corrected chi connectivity index (χ1v) is 5.90. The highest BCUT2D eigenvalue weighted by Crippen LogP contribution is 2.07. The molecule has 2 atom stereocenters. The van der Waals surface area contributed by atoms with Crippen LogP contribution in [0, 0.1) is 5.92 Å². The predicted molar refractivity (Wildman–Crippen MR) is 61.2 cm³/mol. The summed E-state index contributed by atoms with van der Waals surface area (Å²) in [6.07, 6.45) is 3.43. The van der Waals surface area contributed by atoms with Gasteiger partial charge in [0.1, 0.15) is 0 Å². The van der Waals surface area contributed by atoms with Crippen LogP contribution in [0.15, 0.2) is 0 Å². The molecule has 0 aromatic heterocycles. The maximum atomic E-state index is 11.6. The lowest BCUT2D eigenvalue weighted by molar-refractivity contribution is -0.124. The second kappa shape index (κ2) is 6.08. The van der Waals surface area contributed by atoms with Crippen LogP contribution in [0.1, 0.15) is 33.1 Å². The van der Waals surface area contributed by atoms with Crippen molar-refractivity contribution in [3.63, 3.8) is 0 Å². The average Bonchev–Trinajstić information content (AvgIpc) is 2.76. The number of nitrogens with one attached hydrogen (secondary N) is 1. The number of amides is 1. The van der Waals surface area contributed by atoms with Gasteiger partial charge in [-0.05, 0) is 31.8 Å². The molecule has 0 spiro atoms. The molecule has 1 heterocycles. The number of nitrogens with two attached hydrogens (primary N) is 1. The molecule has 4 nitrogen and oxygen atoms in total.